The van der Waals surface area contributed by atoms with E-state index < -0.39 is 0 Å². The van der Waals surface area contributed by atoms with Crippen molar-refractivity contribution in [1.29, 1.82) is 0 Å². The Hall–Kier alpha value is -1.76. The highest BCUT2D eigenvalue weighted by molar-refractivity contribution is 5.45. The Morgan fingerprint density at radius 2 is 2.33 bits per heavy atom. The van der Waals surface area contributed by atoms with Crippen LogP contribution in [0.2, 0.25) is 0 Å². The first-order valence-electron chi connectivity index (χ1n) is 6.31. The molecule has 1 saturated heterocycles. The minimum Gasteiger partial charge on any atom is -0.351 e. The van der Waals surface area contributed by atoms with Crippen molar-refractivity contribution in [3.8, 4) is 0 Å². The Kier molecular flexibility index (Phi) is 2.83. The molecule has 1 fully saturated rings. The standard InChI is InChI=1S/C11H17N7/c1-8-3-2-6-17(9(8)7-12)11-5-4-10-13-15-16-18(10)14-11/h4-5,8-9H,2-3,6-7,12H2,1H3. The Labute approximate surface area is 105 Å². The normalized spacial score (nSPS) is 24.7. The highest BCUT2D eigenvalue weighted by atomic mass is 15.6. The molecular weight excluding hydrogens is 230 g/mol. The number of fused-ring (bicyclic) bond motifs is 1. The molecule has 0 aromatic carbocycles. The van der Waals surface area contributed by atoms with Crippen molar-refractivity contribution in [2.45, 2.75) is 25.8 Å². The van der Waals surface area contributed by atoms with Crippen molar-refractivity contribution >= 4 is 11.5 Å². The quantitative estimate of drug-likeness (QED) is 0.809. The van der Waals surface area contributed by atoms with E-state index in [0.29, 0.717) is 24.2 Å². The number of anilines is 1. The maximum Gasteiger partial charge on any atom is 0.200 e. The monoisotopic (exact) mass is 247 g/mol. The molecular formula is C11H17N7. The summed E-state index contributed by atoms with van der Waals surface area (Å²) in [6, 6.07) is 4.20. The van der Waals surface area contributed by atoms with Gasteiger partial charge in [-0.15, -0.1) is 14.8 Å². The van der Waals surface area contributed by atoms with Crippen LogP contribution in [-0.2, 0) is 0 Å². The first kappa shape index (κ1) is 11.3. The molecule has 7 heteroatoms. The number of nitrogens with two attached hydrogens (primary N) is 1. The van der Waals surface area contributed by atoms with Crippen LogP contribution in [0.5, 0.6) is 0 Å². The predicted octanol–water partition coefficient (Wildman–Crippen LogP) is 0.0829. The molecule has 0 saturated carbocycles. The number of hydrogen-bond acceptors (Lipinski definition) is 6. The lowest BCUT2D eigenvalue weighted by molar-refractivity contribution is 0.347. The number of piperidine rings is 1. The van der Waals surface area contributed by atoms with E-state index in [9.17, 15) is 0 Å². The van der Waals surface area contributed by atoms with E-state index in [-0.39, 0.29) is 0 Å². The molecule has 2 N–H and O–H groups in total. The summed E-state index contributed by atoms with van der Waals surface area (Å²) in [7, 11) is 0. The molecule has 1 aliphatic heterocycles. The van der Waals surface area contributed by atoms with Crippen LogP contribution in [0.1, 0.15) is 19.8 Å². The second-order valence-corrected chi connectivity index (χ2v) is 4.83. The minimum atomic E-state index is 0.347. The van der Waals surface area contributed by atoms with E-state index in [2.05, 4.69) is 32.4 Å². The van der Waals surface area contributed by atoms with Crippen LogP contribution in [0.3, 0.4) is 0 Å². The lowest BCUT2D eigenvalue weighted by Gasteiger charge is -2.40. The number of hydrogen-bond donors (Lipinski definition) is 1. The van der Waals surface area contributed by atoms with Crippen LogP contribution in [0, 0.1) is 5.92 Å². The van der Waals surface area contributed by atoms with Crippen molar-refractivity contribution in [3.05, 3.63) is 12.1 Å². The number of nitrogens with zero attached hydrogens (tertiary/aromatic N) is 6. The fourth-order valence-corrected chi connectivity index (χ4v) is 2.69. The van der Waals surface area contributed by atoms with Crippen LogP contribution < -0.4 is 10.6 Å². The summed E-state index contributed by atoms with van der Waals surface area (Å²) in [4.78, 5) is 2.27. The SMILES string of the molecule is CC1CCCN(c2ccc3nnnn3n2)C1CN. The fourth-order valence-electron chi connectivity index (χ4n) is 2.69. The molecule has 1 aliphatic rings. The summed E-state index contributed by atoms with van der Waals surface area (Å²) >= 11 is 0. The van der Waals surface area contributed by atoms with Gasteiger partial charge in [0.15, 0.2) is 11.5 Å². The topological polar surface area (TPSA) is 85.2 Å². The average Bonchev–Trinajstić information content (AvgIpc) is 2.85. The Morgan fingerprint density at radius 3 is 3.17 bits per heavy atom. The van der Waals surface area contributed by atoms with Crippen molar-refractivity contribution in [2.75, 3.05) is 18.0 Å². The fraction of sp³-hybridized carbons (Fsp3) is 0.636. The largest absolute Gasteiger partial charge is 0.351 e. The maximum atomic E-state index is 5.90. The van der Waals surface area contributed by atoms with Gasteiger partial charge in [-0.1, -0.05) is 6.92 Å². The molecule has 3 heterocycles. The molecule has 2 aromatic heterocycles. The highest BCUT2D eigenvalue weighted by Gasteiger charge is 2.28. The third kappa shape index (κ3) is 1.80. The van der Waals surface area contributed by atoms with Crippen LogP contribution in [0.15, 0.2) is 12.1 Å². The summed E-state index contributed by atoms with van der Waals surface area (Å²) in [5.74, 6) is 1.49. The third-order valence-corrected chi connectivity index (χ3v) is 3.71. The van der Waals surface area contributed by atoms with E-state index in [1.165, 1.54) is 17.5 Å². The van der Waals surface area contributed by atoms with Crippen molar-refractivity contribution in [3.63, 3.8) is 0 Å². The van der Waals surface area contributed by atoms with Gasteiger partial charge in [-0.25, -0.2) is 0 Å². The summed E-state index contributed by atoms with van der Waals surface area (Å²) < 4.78 is 1.46. The molecule has 0 amide bonds. The van der Waals surface area contributed by atoms with E-state index in [1.807, 2.05) is 12.1 Å². The van der Waals surface area contributed by atoms with Gasteiger partial charge < -0.3 is 10.6 Å². The van der Waals surface area contributed by atoms with E-state index >= 15 is 0 Å². The zero-order chi connectivity index (χ0) is 12.5. The van der Waals surface area contributed by atoms with Crippen molar-refractivity contribution < 1.29 is 0 Å². The van der Waals surface area contributed by atoms with Crippen LogP contribution >= 0.6 is 0 Å². The van der Waals surface area contributed by atoms with E-state index in [4.69, 9.17) is 5.73 Å². The molecule has 2 aromatic rings. The first-order valence-corrected chi connectivity index (χ1v) is 6.31. The Morgan fingerprint density at radius 1 is 1.44 bits per heavy atom. The molecule has 0 bridgehead atoms. The van der Waals surface area contributed by atoms with Crippen LogP contribution in [0.25, 0.3) is 5.65 Å². The lowest BCUT2D eigenvalue weighted by atomic mass is 9.91. The minimum absolute atomic E-state index is 0.347. The Balaban J connectivity index is 1.96. The molecule has 2 unspecified atom stereocenters. The molecule has 96 valence electrons. The molecule has 18 heavy (non-hydrogen) atoms. The summed E-state index contributed by atoms with van der Waals surface area (Å²) in [5, 5.41) is 15.7. The van der Waals surface area contributed by atoms with Gasteiger partial charge in [-0.3, -0.25) is 0 Å². The van der Waals surface area contributed by atoms with Gasteiger partial charge >= 0.3 is 0 Å². The zero-order valence-electron chi connectivity index (χ0n) is 10.4. The molecule has 0 aliphatic carbocycles. The van der Waals surface area contributed by atoms with Crippen molar-refractivity contribution in [2.24, 2.45) is 11.7 Å². The van der Waals surface area contributed by atoms with Crippen LogP contribution in [-0.4, -0.2) is 44.4 Å². The number of tetrazole rings is 1. The maximum absolute atomic E-state index is 5.90. The Bertz CT molecular complexity index is 537. The van der Waals surface area contributed by atoms with Gasteiger partial charge in [-0.05, 0) is 41.3 Å². The van der Waals surface area contributed by atoms with Gasteiger partial charge in [0.05, 0.1) is 0 Å². The van der Waals surface area contributed by atoms with Crippen LogP contribution in [0.4, 0.5) is 5.82 Å². The van der Waals surface area contributed by atoms with Gasteiger partial charge in [0.25, 0.3) is 0 Å². The zero-order valence-corrected chi connectivity index (χ0v) is 10.4. The second kappa shape index (κ2) is 4.49. The van der Waals surface area contributed by atoms with E-state index in [1.54, 1.807) is 0 Å². The molecule has 2 atom stereocenters. The molecule has 0 radical (unpaired) electrons. The molecule has 3 rings (SSSR count). The number of rotatable bonds is 2. The van der Waals surface area contributed by atoms with Gasteiger partial charge in [-0.2, -0.15) is 0 Å². The summed E-state index contributed by atoms with van der Waals surface area (Å²) in [6.45, 7) is 3.89. The van der Waals surface area contributed by atoms with Crippen molar-refractivity contribution in [1.82, 2.24) is 25.3 Å². The first-order chi connectivity index (χ1) is 8.79. The van der Waals surface area contributed by atoms with E-state index in [0.717, 1.165) is 12.4 Å². The highest BCUT2D eigenvalue weighted by Crippen LogP contribution is 2.26. The lowest BCUT2D eigenvalue weighted by Crippen LogP contribution is -2.49. The summed E-state index contributed by atoms with van der Waals surface area (Å²) in [5.41, 5.74) is 6.56. The molecule has 7 nitrogen and oxygen atoms in total. The van der Waals surface area contributed by atoms with Gasteiger partial charge in [0.1, 0.15) is 0 Å². The third-order valence-electron chi connectivity index (χ3n) is 3.71. The van der Waals surface area contributed by atoms with Gasteiger partial charge in [0.2, 0.25) is 0 Å². The smallest absolute Gasteiger partial charge is 0.200 e. The molecule has 0 spiro atoms. The van der Waals surface area contributed by atoms with Gasteiger partial charge in [0, 0.05) is 19.1 Å². The second-order valence-electron chi connectivity index (χ2n) is 4.83. The predicted molar refractivity (Wildman–Crippen MR) is 67.2 cm³/mol. The number of aromatic nitrogens is 5. The summed E-state index contributed by atoms with van der Waals surface area (Å²) in [6.07, 6.45) is 2.40. The average molecular weight is 247 g/mol.